The van der Waals surface area contributed by atoms with Crippen molar-refractivity contribution >= 4 is 28.2 Å². The van der Waals surface area contributed by atoms with Gasteiger partial charge >= 0.3 is 5.63 Å². The first-order chi connectivity index (χ1) is 14.0. The molecule has 0 saturated carbocycles. The van der Waals surface area contributed by atoms with Gasteiger partial charge in [0.25, 0.3) is 5.91 Å². The Morgan fingerprint density at radius 1 is 0.966 bits per heavy atom. The first kappa shape index (κ1) is 18.4. The first-order valence-electron chi connectivity index (χ1n) is 8.71. The van der Waals surface area contributed by atoms with Crippen LogP contribution in [-0.4, -0.2) is 31.6 Å². The molecule has 4 rings (SSSR count). The molecule has 0 bridgehead atoms. The van der Waals surface area contributed by atoms with E-state index in [2.05, 4.69) is 5.32 Å². The molecular weight excluding hydrogens is 376 g/mol. The predicted octanol–water partition coefficient (Wildman–Crippen LogP) is 3.32. The summed E-state index contributed by atoms with van der Waals surface area (Å²) in [5.74, 6) is 0.760. The van der Waals surface area contributed by atoms with E-state index in [1.807, 2.05) is 0 Å². The van der Waals surface area contributed by atoms with Crippen molar-refractivity contribution in [3.63, 3.8) is 0 Å². The first-order valence-corrected chi connectivity index (χ1v) is 8.71. The van der Waals surface area contributed by atoms with Gasteiger partial charge in [-0.15, -0.1) is 0 Å². The van der Waals surface area contributed by atoms with E-state index in [0.717, 1.165) is 5.52 Å². The number of aromatic nitrogens is 1. The zero-order valence-corrected chi connectivity index (χ0v) is 16.0. The van der Waals surface area contributed by atoms with E-state index in [0.29, 0.717) is 39.6 Å². The second kappa shape index (κ2) is 7.23. The van der Waals surface area contributed by atoms with E-state index >= 15 is 0 Å². The number of fused-ring (bicyclic) bond motifs is 3. The Labute approximate surface area is 165 Å². The van der Waals surface area contributed by atoms with Gasteiger partial charge in [-0.2, -0.15) is 0 Å². The van der Waals surface area contributed by atoms with Crippen LogP contribution in [0.25, 0.3) is 16.6 Å². The maximum atomic E-state index is 12.8. The molecule has 4 aromatic rings. The van der Waals surface area contributed by atoms with Crippen molar-refractivity contribution in [2.45, 2.75) is 0 Å². The summed E-state index contributed by atoms with van der Waals surface area (Å²) in [6.45, 7) is 0. The molecule has 148 valence electrons. The van der Waals surface area contributed by atoms with Crippen LogP contribution in [0.15, 0.2) is 57.9 Å². The number of carbonyl (C=O) groups is 1. The van der Waals surface area contributed by atoms with Gasteiger partial charge in [0.1, 0.15) is 5.52 Å². The molecular formula is C21H18N2O6. The van der Waals surface area contributed by atoms with Crippen LogP contribution in [-0.2, 0) is 0 Å². The number of nitrogens with one attached hydrogen (secondary N) is 1. The number of nitrogens with zero attached hydrogens (tertiary/aromatic N) is 1. The monoisotopic (exact) mass is 394 g/mol. The lowest BCUT2D eigenvalue weighted by Gasteiger charge is -2.14. The minimum absolute atomic E-state index is 0.321. The normalized spacial score (nSPS) is 10.9. The van der Waals surface area contributed by atoms with Crippen molar-refractivity contribution in [3.8, 4) is 17.2 Å². The standard InChI is InChI=1S/C21H18N2O6/c1-26-17-9-12(10-18(27-2)19(17)28-3)20(24)22-13-6-7-14-16(11-13)29-21(25)15-5-4-8-23(14)15/h4-11H,1-3H3,(H,22,24). The number of ether oxygens (including phenoxy) is 3. The van der Waals surface area contributed by atoms with Gasteiger partial charge in [-0.3, -0.25) is 4.79 Å². The van der Waals surface area contributed by atoms with Crippen molar-refractivity contribution in [1.29, 1.82) is 0 Å². The molecule has 0 fully saturated rings. The number of rotatable bonds is 5. The molecule has 1 amide bonds. The molecule has 2 aromatic carbocycles. The molecule has 0 aliphatic carbocycles. The van der Waals surface area contributed by atoms with Gasteiger partial charge in [-0.25, -0.2) is 4.79 Å². The largest absolute Gasteiger partial charge is 0.493 e. The Kier molecular flexibility index (Phi) is 4.59. The van der Waals surface area contributed by atoms with E-state index < -0.39 is 5.63 Å². The maximum Gasteiger partial charge on any atom is 0.360 e. The fraction of sp³-hybridized carbons (Fsp3) is 0.143. The van der Waals surface area contributed by atoms with Crippen LogP contribution in [0, 0.1) is 0 Å². The van der Waals surface area contributed by atoms with E-state index in [1.165, 1.54) is 21.3 Å². The number of carbonyl (C=O) groups excluding carboxylic acids is 1. The number of hydrogen-bond donors (Lipinski definition) is 1. The van der Waals surface area contributed by atoms with E-state index in [4.69, 9.17) is 18.6 Å². The van der Waals surface area contributed by atoms with Gasteiger partial charge < -0.3 is 28.3 Å². The Balaban J connectivity index is 1.70. The summed E-state index contributed by atoms with van der Waals surface area (Å²) in [7, 11) is 4.45. The van der Waals surface area contributed by atoms with Gasteiger partial charge in [0.2, 0.25) is 5.75 Å². The van der Waals surface area contributed by atoms with Crippen molar-refractivity contribution in [3.05, 3.63) is 64.6 Å². The van der Waals surface area contributed by atoms with Gasteiger partial charge in [-0.05, 0) is 36.4 Å². The van der Waals surface area contributed by atoms with Crippen molar-refractivity contribution in [1.82, 2.24) is 4.40 Å². The lowest BCUT2D eigenvalue weighted by molar-refractivity contribution is 0.102. The number of anilines is 1. The van der Waals surface area contributed by atoms with Crippen LogP contribution in [0.1, 0.15) is 10.4 Å². The highest BCUT2D eigenvalue weighted by molar-refractivity contribution is 6.05. The topological polar surface area (TPSA) is 91.4 Å². The van der Waals surface area contributed by atoms with Crippen LogP contribution in [0.2, 0.25) is 0 Å². The predicted molar refractivity (Wildman–Crippen MR) is 107 cm³/mol. The van der Waals surface area contributed by atoms with E-state index in [1.54, 1.807) is 53.1 Å². The van der Waals surface area contributed by atoms with Crippen LogP contribution >= 0.6 is 0 Å². The molecule has 1 N–H and O–H groups in total. The zero-order chi connectivity index (χ0) is 20.5. The number of amides is 1. The van der Waals surface area contributed by atoms with Crippen molar-refractivity contribution in [2.24, 2.45) is 0 Å². The van der Waals surface area contributed by atoms with Crippen molar-refractivity contribution < 1.29 is 23.4 Å². The molecule has 0 spiro atoms. The highest BCUT2D eigenvalue weighted by atomic mass is 16.5. The molecule has 8 nitrogen and oxygen atoms in total. The fourth-order valence-electron chi connectivity index (χ4n) is 3.20. The quantitative estimate of drug-likeness (QED) is 0.558. The van der Waals surface area contributed by atoms with Crippen LogP contribution in [0.5, 0.6) is 17.2 Å². The molecule has 0 radical (unpaired) electrons. The lowest BCUT2D eigenvalue weighted by atomic mass is 10.1. The number of methoxy groups -OCH3 is 3. The Hall–Kier alpha value is -3.94. The second-order valence-electron chi connectivity index (χ2n) is 6.20. The molecule has 0 aliphatic rings. The molecule has 29 heavy (non-hydrogen) atoms. The minimum atomic E-state index is -0.449. The third-order valence-electron chi connectivity index (χ3n) is 4.56. The summed E-state index contributed by atoms with van der Waals surface area (Å²) < 4.78 is 23.0. The third-order valence-corrected chi connectivity index (χ3v) is 4.56. The summed E-state index contributed by atoms with van der Waals surface area (Å²) in [6.07, 6.45) is 1.78. The second-order valence-corrected chi connectivity index (χ2v) is 6.20. The van der Waals surface area contributed by atoms with Gasteiger partial charge in [0.15, 0.2) is 17.1 Å². The molecule has 2 heterocycles. The minimum Gasteiger partial charge on any atom is -0.493 e. The van der Waals surface area contributed by atoms with E-state index in [9.17, 15) is 9.59 Å². The molecule has 0 aliphatic heterocycles. The van der Waals surface area contributed by atoms with Gasteiger partial charge in [0, 0.05) is 23.5 Å². The fourth-order valence-corrected chi connectivity index (χ4v) is 3.20. The molecule has 8 heteroatoms. The maximum absolute atomic E-state index is 12.8. The molecule has 0 saturated heterocycles. The smallest absolute Gasteiger partial charge is 0.360 e. The zero-order valence-electron chi connectivity index (χ0n) is 16.0. The summed E-state index contributed by atoms with van der Waals surface area (Å²) >= 11 is 0. The summed E-state index contributed by atoms with van der Waals surface area (Å²) in [5, 5.41) is 2.79. The SMILES string of the molecule is COc1cc(C(=O)Nc2ccc3c(c2)oc(=O)c2cccn23)cc(OC)c1OC. The van der Waals surface area contributed by atoms with Gasteiger partial charge in [-0.1, -0.05) is 0 Å². The van der Waals surface area contributed by atoms with Crippen molar-refractivity contribution in [2.75, 3.05) is 26.6 Å². The third kappa shape index (κ3) is 3.14. The van der Waals surface area contributed by atoms with Crippen LogP contribution in [0.4, 0.5) is 5.69 Å². The summed E-state index contributed by atoms with van der Waals surface area (Å²) in [6, 6.07) is 11.7. The average molecular weight is 394 g/mol. The molecule has 0 atom stereocenters. The van der Waals surface area contributed by atoms with Crippen LogP contribution < -0.4 is 25.2 Å². The highest BCUT2D eigenvalue weighted by Gasteiger charge is 2.17. The Morgan fingerprint density at radius 3 is 2.34 bits per heavy atom. The highest BCUT2D eigenvalue weighted by Crippen LogP contribution is 2.38. The van der Waals surface area contributed by atoms with Crippen LogP contribution in [0.3, 0.4) is 0 Å². The molecule has 2 aromatic heterocycles. The summed E-state index contributed by atoms with van der Waals surface area (Å²) in [4.78, 5) is 24.9. The summed E-state index contributed by atoms with van der Waals surface area (Å²) in [5.41, 5.74) is 1.88. The Morgan fingerprint density at radius 2 is 1.69 bits per heavy atom. The van der Waals surface area contributed by atoms with E-state index in [-0.39, 0.29) is 5.91 Å². The number of hydrogen-bond acceptors (Lipinski definition) is 6. The number of benzene rings is 2. The average Bonchev–Trinajstić information content (AvgIpc) is 3.23. The Bertz CT molecular complexity index is 1260. The van der Waals surface area contributed by atoms with Gasteiger partial charge in [0.05, 0.1) is 26.8 Å². The molecule has 0 unspecified atom stereocenters. The lowest BCUT2D eigenvalue weighted by Crippen LogP contribution is -2.13.